The van der Waals surface area contributed by atoms with Crippen LogP contribution in [0.25, 0.3) is 0 Å². The van der Waals surface area contributed by atoms with Crippen LogP contribution in [0, 0.1) is 19.7 Å². The second-order valence-electron chi connectivity index (χ2n) is 4.32. The van der Waals surface area contributed by atoms with Gasteiger partial charge in [-0.05, 0) is 43.2 Å². The minimum atomic E-state index is -0.602. The number of carbonyl (C=O) groups excluding carboxylic acids is 1. The van der Waals surface area contributed by atoms with Crippen molar-refractivity contribution in [2.24, 2.45) is 0 Å². The van der Waals surface area contributed by atoms with Gasteiger partial charge in [0.1, 0.15) is 11.0 Å². The molecule has 1 aromatic carbocycles. The molecule has 0 bridgehead atoms. The summed E-state index contributed by atoms with van der Waals surface area (Å²) in [7, 11) is 0. The minimum absolute atomic E-state index is 0.0147. The van der Waals surface area contributed by atoms with Crippen molar-refractivity contribution in [2.45, 2.75) is 13.8 Å². The van der Waals surface area contributed by atoms with Gasteiger partial charge in [0, 0.05) is 5.69 Å². The van der Waals surface area contributed by atoms with Crippen LogP contribution in [-0.4, -0.2) is 10.9 Å². The van der Waals surface area contributed by atoms with Gasteiger partial charge < -0.3 is 5.32 Å². The van der Waals surface area contributed by atoms with Crippen LogP contribution < -0.4 is 5.32 Å². The topological polar surface area (TPSA) is 42.0 Å². The molecule has 0 radical (unpaired) electrons. The number of aromatic nitrogens is 1. The van der Waals surface area contributed by atoms with Crippen molar-refractivity contribution in [1.29, 1.82) is 0 Å². The summed E-state index contributed by atoms with van der Waals surface area (Å²) in [6, 6.07) is 6.71. The Morgan fingerprint density at radius 3 is 2.47 bits per heavy atom. The zero-order chi connectivity index (χ0) is 14.0. The Morgan fingerprint density at radius 2 is 1.84 bits per heavy atom. The first-order chi connectivity index (χ1) is 8.95. The van der Waals surface area contributed by atoms with Gasteiger partial charge in [-0.2, -0.15) is 0 Å². The molecular weight excluding hydrogens is 267 g/mol. The van der Waals surface area contributed by atoms with Crippen LogP contribution >= 0.6 is 11.6 Å². The number of benzene rings is 1. The third kappa shape index (κ3) is 3.29. The number of aryl methyl sites for hydroxylation is 2. The van der Waals surface area contributed by atoms with Gasteiger partial charge in [-0.25, -0.2) is 9.37 Å². The first kappa shape index (κ1) is 13.5. The monoisotopic (exact) mass is 278 g/mol. The lowest BCUT2D eigenvalue weighted by Crippen LogP contribution is -2.13. The molecule has 0 spiro atoms. The highest BCUT2D eigenvalue weighted by Gasteiger charge is 2.13. The van der Waals surface area contributed by atoms with E-state index in [-0.39, 0.29) is 10.7 Å². The van der Waals surface area contributed by atoms with Gasteiger partial charge in [-0.3, -0.25) is 4.79 Å². The van der Waals surface area contributed by atoms with E-state index in [1.807, 2.05) is 32.0 Å². The van der Waals surface area contributed by atoms with E-state index in [2.05, 4.69) is 10.3 Å². The molecule has 3 nitrogen and oxygen atoms in total. The van der Waals surface area contributed by atoms with E-state index in [4.69, 9.17) is 11.6 Å². The van der Waals surface area contributed by atoms with Crippen LogP contribution in [-0.2, 0) is 0 Å². The summed E-state index contributed by atoms with van der Waals surface area (Å²) in [5, 5.41) is 2.65. The van der Waals surface area contributed by atoms with E-state index in [9.17, 15) is 9.18 Å². The Bertz CT molecular complexity index is 623. The highest BCUT2D eigenvalue weighted by molar-refractivity contribution is 6.33. The molecular formula is C14H12ClFN2O. The summed E-state index contributed by atoms with van der Waals surface area (Å²) in [5.74, 6) is -1.09. The average molecular weight is 279 g/mol. The van der Waals surface area contributed by atoms with Crippen LogP contribution in [0.1, 0.15) is 21.5 Å². The summed E-state index contributed by atoms with van der Waals surface area (Å²) < 4.78 is 13.1. The van der Waals surface area contributed by atoms with E-state index in [1.165, 1.54) is 0 Å². The number of anilines is 1. The molecule has 98 valence electrons. The summed E-state index contributed by atoms with van der Waals surface area (Å²) in [6.07, 6.45) is 0.968. The van der Waals surface area contributed by atoms with Crippen LogP contribution in [0.5, 0.6) is 0 Å². The fraction of sp³-hybridized carbons (Fsp3) is 0.143. The summed E-state index contributed by atoms with van der Waals surface area (Å²) in [5.41, 5.74) is 2.71. The molecule has 0 unspecified atom stereocenters. The molecule has 0 saturated heterocycles. The van der Waals surface area contributed by atoms with Crippen molar-refractivity contribution in [3.63, 3.8) is 0 Å². The number of nitrogens with zero attached hydrogens (tertiary/aromatic N) is 1. The molecule has 0 aliphatic rings. The van der Waals surface area contributed by atoms with Crippen LogP contribution in [0.15, 0.2) is 30.5 Å². The second-order valence-corrected chi connectivity index (χ2v) is 4.68. The van der Waals surface area contributed by atoms with Crippen molar-refractivity contribution in [3.8, 4) is 0 Å². The molecule has 1 aromatic heterocycles. The third-order valence-electron chi connectivity index (χ3n) is 2.53. The van der Waals surface area contributed by atoms with Gasteiger partial charge in [0.25, 0.3) is 5.91 Å². The number of pyridine rings is 1. The van der Waals surface area contributed by atoms with Crippen molar-refractivity contribution in [3.05, 3.63) is 58.1 Å². The maximum atomic E-state index is 13.1. The highest BCUT2D eigenvalue weighted by Crippen LogP contribution is 2.18. The second kappa shape index (κ2) is 5.36. The maximum absolute atomic E-state index is 13.1. The molecule has 0 atom stereocenters. The standard InChI is InChI=1S/C14H12ClFN2O/c1-8-3-9(2)5-11(4-8)18-14(19)12-6-10(16)7-17-13(12)15/h3-7H,1-2H3,(H,18,19). The Kier molecular flexibility index (Phi) is 3.81. The molecule has 0 fully saturated rings. The summed E-state index contributed by atoms with van der Waals surface area (Å²) in [6.45, 7) is 3.86. The fourth-order valence-corrected chi connectivity index (χ4v) is 2.02. The van der Waals surface area contributed by atoms with E-state index in [0.29, 0.717) is 5.69 Å². The lowest BCUT2D eigenvalue weighted by atomic mass is 10.1. The molecule has 5 heteroatoms. The lowest BCUT2D eigenvalue weighted by molar-refractivity contribution is 0.102. The van der Waals surface area contributed by atoms with Gasteiger partial charge in [-0.1, -0.05) is 17.7 Å². The molecule has 19 heavy (non-hydrogen) atoms. The smallest absolute Gasteiger partial charge is 0.258 e. The Morgan fingerprint density at radius 1 is 1.21 bits per heavy atom. The van der Waals surface area contributed by atoms with Gasteiger partial charge in [0.05, 0.1) is 11.8 Å². The molecule has 1 amide bonds. The van der Waals surface area contributed by atoms with Gasteiger partial charge in [0.2, 0.25) is 0 Å². The zero-order valence-corrected chi connectivity index (χ0v) is 11.3. The van der Waals surface area contributed by atoms with E-state index < -0.39 is 11.7 Å². The van der Waals surface area contributed by atoms with Crippen molar-refractivity contribution >= 4 is 23.2 Å². The summed E-state index contributed by atoms with van der Waals surface area (Å²) in [4.78, 5) is 15.6. The van der Waals surface area contributed by atoms with Gasteiger partial charge in [0.15, 0.2) is 0 Å². The van der Waals surface area contributed by atoms with Crippen molar-refractivity contribution < 1.29 is 9.18 Å². The number of carbonyl (C=O) groups is 1. The largest absolute Gasteiger partial charge is 0.322 e. The summed E-state index contributed by atoms with van der Waals surface area (Å²) >= 11 is 5.78. The Labute approximate surface area is 115 Å². The Balaban J connectivity index is 2.28. The lowest BCUT2D eigenvalue weighted by Gasteiger charge is -2.08. The molecule has 0 aliphatic carbocycles. The van der Waals surface area contributed by atoms with E-state index in [0.717, 1.165) is 23.4 Å². The predicted molar refractivity (Wildman–Crippen MR) is 73.1 cm³/mol. The van der Waals surface area contributed by atoms with Gasteiger partial charge in [-0.15, -0.1) is 0 Å². The molecule has 1 heterocycles. The van der Waals surface area contributed by atoms with E-state index >= 15 is 0 Å². The van der Waals surface area contributed by atoms with Crippen LogP contribution in [0.3, 0.4) is 0 Å². The Hall–Kier alpha value is -1.94. The molecule has 2 aromatic rings. The number of halogens is 2. The first-order valence-electron chi connectivity index (χ1n) is 5.66. The molecule has 0 saturated carbocycles. The number of nitrogens with one attached hydrogen (secondary N) is 1. The number of hydrogen-bond acceptors (Lipinski definition) is 2. The van der Waals surface area contributed by atoms with Crippen molar-refractivity contribution in [2.75, 3.05) is 5.32 Å². The molecule has 2 rings (SSSR count). The maximum Gasteiger partial charge on any atom is 0.258 e. The average Bonchev–Trinajstić information content (AvgIpc) is 2.30. The third-order valence-corrected chi connectivity index (χ3v) is 2.83. The van der Waals surface area contributed by atoms with Gasteiger partial charge >= 0.3 is 0 Å². The predicted octanol–water partition coefficient (Wildman–Crippen LogP) is 3.74. The molecule has 1 N–H and O–H groups in total. The van der Waals surface area contributed by atoms with E-state index in [1.54, 1.807) is 0 Å². The highest BCUT2D eigenvalue weighted by atomic mass is 35.5. The zero-order valence-electron chi connectivity index (χ0n) is 10.5. The number of amides is 1. The quantitative estimate of drug-likeness (QED) is 0.850. The van der Waals surface area contributed by atoms with Crippen LogP contribution in [0.2, 0.25) is 5.15 Å². The fourth-order valence-electron chi connectivity index (χ4n) is 1.83. The molecule has 0 aliphatic heterocycles. The SMILES string of the molecule is Cc1cc(C)cc(NC(=O)c2cc(F)cnc2Cl)c1. The van der Waals surface area contributed by atoms with Crippen LogP contribution in [0.4, 0.5) is 10.1 Å². The minimum Gasteiger partial charge on any atom is -0.322 e. The number of rotatable bonds is 2. The number of hydrogen-bond donors (Lipinski definition) is 1. The first-order valence-corrected chi connectivity index (χ1v) is 6.04. The van der Waals surface area contributed by atoms with Crippen molar-refractivity contribution in [1.82, 2.24) is 4.98 Å². The normalized spacial score (nSPS) is 10.3.